The van der Waals surface area contributed by atoms with Gasteiger partial charge in [0.1, 0.15) is 12.1 Å². The zero-order chi connectivity index (χ0) is 28.1. The highest BCUT2D eigenvalue weighted by Gasteiger charge is 2.37. The van der Waals surface area contributed by atoms with Gasteiger partial charge in [0, 0.05) is 11.4 Å². The average Bonchev–Trinajstić information content (AvgIpc) is 3.37. The van der Waals surface area contributed by atoms with E-state index in [4.69, 9.17) is 24.3 Å². The van der Waals surface area contributed by atoms with Crippen LogP contribution >= 0.6 is 27.7 Å². The highest BCUT2D eigenvalue weighted by molar-refractivity contribution is 9.10. The summed E-state index contributed by atoms with van der Waals surface area (Å²) in [5, 5.41) is 8.81. The molecule has 1 N–H and O–H groups in total. The Morgan fingerprint density at radius 1 is 1.18 bits per heavy atom. The second-order valence-electron chi connectivity index (χ2n) is 10.1. The Labute approximate surface area is 248 Å². The number of carbonyl (C=O) groups excluding carboxylic acids is 1. The number of fused-ring (bicyclic) bond motifs is 1. The number of nitrogens with zero attached hydrogens (tertiary/aromatic N) is 3. The summed E-state index contributed by atoms with van der Waals surface area (Å²) < 4.78 is 20.3. The predicted molar refractivity (Wildman–Crippen MR) is 160 cm³/mol. The van der Waals surface area contributed by atoms with Gasteiger partial charge in [-0.15, -0.1) is 5.10 Å². The van der Waals surface area contributed by atoms with Gasteiger partial charge in [-0.3, -0.25) is 0 Å². The average molecular weight is 628 g/mol. The molecule has 1 unspecified atom stereocenters. The van der Waals surface area contributed by atoms with E-state index in [2.05, 4.69) is 40.3 Å². The third-order valence-electron chi connectivity index (χ3n) is 7.11. The molecule has 1 aromatic heterocycles. The SMILES string of the molecule is CCCOc1c(Br)cc(C2C(C(=O)OC3CCCCC3)=C(C)Nc3nc(SCc4ccccc4)nn32)cc1OC. The Morgan fingerprint density at radius 3 is 2.67 bits per heavy atom. The van der Waals surface area contributed by atoms with Crippen LogP contribution in [0.4, 0.5) is 5.95 Å². The topological polar surface area (TPSA) is 87.5 Å². The Hall–Kier alpha value is -2.98. The monoisotopic (exact) mass is 626 g/mol. The number of ether oxygens (including phenoxy) is 3. The molecule has 212 valence electrons. The molecule has 0 radical (unpaired) electrons. The van der Waals surface area contributed by atoms with E-state index in [1.165, 1.54) is 12.0 Å². The molecule has 3 aromatic rings. The number of allylic oxidation sites excluding steroid dienone is 1. The highest BCUT2D eigenvalue weighted by Crippen LogP contribution is 2.43. The first-order valence-electron chi connectivity index (χ1n) is 13.8. The van der Waals surface area contributed by atoms with Gasteiger partial charge in [0.05, 0.1) is 23.8 Å². The van der Waals surface area contributed by atoms with Crippen molar-refractivity contribution in [2.24, 2.45) is 0 Å². The summed E-state index contributed by atoms with van der Waals surface area (Å²) in [4.78, 5) is 18.6. The van der Waals surface area contributed by atoms with E-state index >= 15 is 0 Å². The van der Waals surface area contributed by atoms with Gasteiger partial charge >= 0.3 is 5.97 Å². The Bertz CT molecular complexity index is 1370. The molecular formula is C30H35BrN4O4S. The lowest BCUT2D eigenvalue weighted by Crippen LogP contribution is -2.32. The lowest BCUT2D eigenvalue weighted by Gasteiger charge is -2.30. The van der Waals surface area contributed by atoms with Gasteiger partial charge < -0.3 is 19.5 Å². The molecule has 0 saturated heterocycles. The van der Waals surface area contributed by atoms with Crippen LogP contribution in [0.1, 0.15) is 69.5 Å². The number of methoxy groups -OCH3 is 1. The van der Waals surface area contributed by atoms with Crippen molar-refractivity contribution >= 4 is 39.6 Å². The van der Waals surface area contributed by atoms with Crippen molar-refractivity contribution in [1.82, 2.24) is 14.8 Å². The summed E-state index contributed by atoms with van der Waals surface area (Å²) in [6.45, 7) is 4.51. The van der Waals surface area contributed by atoms with Crippen LogP contribution in [0, 0.1) is 0 Å². The normalized spacial score (nSPS) is 17.2. The maximum absolute atomic E-state index is 13.8. The number of thioether (sulfide) groups is 1. The minimum absolute atomic E-state index is 0.0672. The van der Waals surface area contributed by atoms with Crippen LogP contribution in [-0.4, -0.2) is 40.6 Å². The van der Waals surface area contributed by atoms with Crippen LogP contribution in [-0.2, 0) is 15.3 Å². The van der Waals surface area contributed by atoms with Crippen molar-refractivity contribution in [1.29, 1.82) is 0 Å². The third-order valence-corrected chi connectivity index (χ3v) is 8.61. The lowest BCUT2D eigenvalue weighted by molar-refractivity contribution is -0.146. The van der Waals surface area contributed by atoms with Gasteiger partial charge in [0.25, 0.3) is 0 Å². The number of carbonyl (C=O) groups is 1. The number of hydrogen-bond donors (Lipinski definition) is 1. The van der Waals surface area contributed by atoms with Gasteiger partial charge in [-0.1, -0.05) is 55.4 Å². The summed E-state index contributed by atoms with van der Waals surface area (Å²) in [7, 11) is 1.62. The Kier molecular flexibility index (Phi) is 9.36. The van der Waals surface area contributed by atoms with Crippen LogP contribution in [0.15, 0.2) is 63.4 Å². The molecule has 2 aliphatic rings. The Morgan fingerprint density at radius 2 is 1.95 bits per heavy atom. The van der Waals surface area contributed by atoms with E-state index in [0.29, 0.717) is 40.5 Å². The smallest absolute Gasteiger partial charge is 0.338 e. The molecule has 8 nitrogen and oxygen atoms in total. The molecule has 1 saturated carbocycles. The standard InChI is InChI=1S/C30H35BrN4O4S/c1-4-15-38-27-23(31)16-21(17-24(27)37-3)26-25(28(36)39-22-13-9-6-10-14-22)19(2)32-29-33-30(34-35(26)29)40-18-20-11-7-5-8-12-20/h5,7-8,11-12,16-17,22,26H,4,6,9-10,13-15,18H2,1-3H3,(H,32,33,34). The molecule has 40 heavy (non-hydrogen) atoms. The summed E-state index contributed by atoms with van der Waals surface area (Å²) >= 11 is 5.24. The number of halogens is 1. The summed E-state index contributed by atoms with van der Waals surface area (Å²) in [6, 6.07) is 13.5. The van der Waals surface area contributed by atoms with Crippen LogP contribution in [0.2, 0.25) is 0 Å². The van der Waals surface area contributed by atoms with Crippen LogP contribution in [0.25, 0.3) is 0 Å². The molecule has 1 aliphatic heterocycles. The molecule has 10 heteroatoms. The highest BCUT2D eigenvalue weighted by atomic mass is 79.9. The fourth-order valence-electron chi connectivity index (χ4n) is 5.13. The molecule has 1 atom stereocenters. The van der Waals surface area contributed by atoms with Crippen molar-refractivity contribution in [2.75, 3.05) is 19.0 Å². The fraction of sp³-hybridized carbons (Fsp3) is 0.433. The van der Waals surface area contributed by atoms with Crippen molar-refractivity contribution in [3.63, 3.8) is 0 Å². The predicted octanol–water partition coefficient (Wildman–Crippen LogP) is 7.30. The summed E-state index contributed by atoms with van der Waals surface area (Å²) in [5.41, 5.74) is 3.22. The number of benzene rings is 2. The van der Waals surface area contributed by atoms with E-state index in [1.54, 1.807) is 23.6 Å². The van der Waals surface area contributed by atoms with Gasteiger partial charge in [0.2, 0.25) is 11.1 Å². The minimum atomic E-state index is -0.559. The van der Waals surface area contributed by atoms with Gasteiger partial charge in [0.15, 0.2) is 11.5 Å². The van der Waals surface area contributed by atoms with Crippen LogP contribution in [0.5, 0.6) is 11.5 Å². The number of esters is 1. The zero-order valence-electron chi connectivity index (χ0n) is 23.1. The minimum Gasteiger partial charge on any atom is -0.493 e. The first kappa shape index (κ1) is 28.5. The second-order valence-corrected chi connectivity index (χ2v) is 11.8. The first-order valence-corrected chi connectivity index (χ1v) is 15.6. The van der Waals surface area contributed by atoms with Crippen molar-refractivity contribution < 1.29 is 19.0 Å². The first-order chi connectivity index (χ1) is 19.5. The van der Waals surface area contributed by atoms with Crippen molar-refractivity contribution in [3.8, 4) is 11.5 Å². The molecule has 1 fully saturated rings. The zero-order valence-corrected chi connectivity index (χ0v) is 25.5. The van der Waals surface area contributed by atoms with Crippen molar-refractivity contribution in [2.45, 2.75) is 75.4 Å². The quantitative estimate of drug-likeness (QED) is 0.185. The number of aromatic nitrogens is 3. The molecule has 0 spiro atoms. The van der Waals surface area contributed by atoms with Crippen LogP contribution < -0.4 is 14.8 Å². The summed E-state index contributed by atoms with van der Waals surface area (Å²) in [6.07, 6.45) is 5.94. The molecular weight excluding hydrogens is 592 g/mol. The molecule has 0 amide bonds. The van der Waals surface area contributed by atoms with Gasteiger partial charge in [-0.2, -0.15) is 4.98 Å². The molecule has 0 bridgehead atoms. The number of anilines is 1. The maximum atomic E-state index is 13.8. The largest absolute Gasteiger partial charge is 0.493 e. The number of rotatable bonds is 10. The molecule has 2 heterocycles. The van der Waals surface area contributed by atoms with E-state index in [1.807, 2.05) is 37.3 Å². The van der Waals surface area contributed by atoms with E-state index in [0.717, 1.165) is 47.9 Å². The van der Waals surface area contributed by atoms with Crippen molar-refractivity contribution in [3.05, 3.63) is 69.3 Å². The third kappa shape index (κ3) is 6.33. The van der Waals surface area contributed by atoms with Gasteiger partial charge in [-0.25, -0.2) is 9.48 Å². The van der Waals surface area contributed by atoms with Crippen LogP contribution in [0.3, 0.4) is 0 Å². The fourth-order valence-corrected chi connectivity index (χ4v) is 6.49. The lowest BCUT2D eigenvalue weighted by atomic mass is 9.94. The van der Waals surface area contributed by atoms with E-state index in [9.17, 15) is 4.79 Å². The van der Waals surface area contributed by atoms with Gasteiger partial charge in [-0.05, 0) is 78.2 Å². The number of nitrogens with one attached hydrogen (secondary N) is 1. The Balaban J connectivity index is 1.52. The van der Waals surface area contributed by atoms with E-state index < -0.39 is 6.04 Å². The second kappa shape index (κ2) is 13.1. The summed E-state index contributed by atoms with van der Waals surface area (Å²) in [5.74, 6) is 2.19. The maximum Gasteiger partial charge on any atom is 0.338 e. The number of hydrogen-bond acceptors (Lipinski definition) is 8. The molecule has 1 aliphatic carbocycles. The molecule has 5 rings (SSSR count). The van der Waals surface area contributed by atoms with E-state index in [-0.39, 0.29) is 12.1 Å². The molecule has 2 aromatic carbocycles.